The minimum absolute atomic E-state index is 0.167. The summed E-state index contributed by atoms with van der Waals surface area (Å²) in [6.07, 6.45) is 0. The van der Waals surface area contributed by atoms with E-state index < -0.39 is 0 Å². The number of nitrogens with zero attached hydrogens (tertiary/aromatic N) is 1. The SMILES string of the molecule is Cc1cc(C(N)C(C)C)c(C)n1C. The first-order valence-electron chi connectivity index (χ1n) is 4.83. The van der Waals surface area contributed by atoms with E-state index in [4.69, 9.17) is 5.73 Å². The van der Waals surface area contributed by atoms with Crippen LogP contribution >= 0.6 is 0 Å². The lowest BCUT2D eigenvalue weighted by Gasteiger charge is -2.15. The Morgan fingerprint density at radius 2 is 1.85 bits per heavy atom. The lowest BCUT2D eigenvalue weighted by molar-refractivity contribution is 0.511. The average Bonchev–Trinajstić information content (AvgIpc) is 2.31. The van der Waals surface area contributed by atoms with Gasteiger partial charge in [-0.05, 0) is 31.4 Å². The molecule has 2 N–H and O–H groups in total. The van der Waals surface area contributed by atoms with Gasteiger partial charge in [0.05, 0.1) is 0 Å². The maximum atomic E-state index is 6.11. The zero-order valence-corrected chi connectivity index (χ0v) is 9.26. The Morgan fingerprint density at radius 1 is 1.31 bits per heavy atom. The van der Waals surface area contributed by atoms with Crippen LogP contribution in [0.3, 0.4) is 0 Å². The third-order valence-corrected chi connectivity index (χ3v) is 2.89. The molecule has 0 radical (unpaired) electrons. The van der Waals surface area contributed by atoms with Crippen LogP contribution in [0.5, 0.6) is 0 Å². The van der Waals surface area contributed by atoms with Gasteiger partial charge in [-0.1, -0.05) is 13.8 Å². The Kier molecular flexibility index (Phi) is 2.81. The number of hydrogen-bond acceptors (Lipinski definition) is 1. The quantitative estimate of drug-likeness (QED) is 0.744. The van der Waals surface area contributed by atoms with Crippen molar-refractivity contribution in [3.8, 4) is 0 Å². The monoisotopic (exact) mass is 180 g/mol. The van der Waals surface area contributed by atoms with Crippen LogP contribution < -0.4 is 5.73 Å². The van der Waals surface area contributed by atoms with Crippen molar-refractivity contribution >= 4 is 0 Å². The molecule has 0 aliphatic rings. The molecule has 0 spiro atoms. The number of aryl methyl sites for hydroxylation is 1. The Hall–Kier alpha value is -0.760. The molecule has 1 heterocycles. The minimum atomic E-state index is 0.167. The first kappa shape index (κ1) is 10.3. The fourth-order valence-corrected chi connectivity index (χ4v) is 1.58. The van der Waals surface area contributed by atoms with Crippen molar-refractivity contribution in [2.45, 2.75) is 33.7 Å². The Bertz CT molecular complexity index is 297. The van der Waals surface area contributed by atoms with Crippen LogP contribution in [0.1, 0.15) is 36.8 Å². The fourth-order valence-electron chi connectivity index (χ4n) is 1.58. The second-order valence-electron chi connectivity index (χ2n) is 4.16. The molecule has 1 aromatic rings. The van der Waals surface area contributed by atoms with Gasteiger partial charge in [-0.25, -0.2) is 0 Å². The standard InChI is InChI=1S/C11H20N2/c1-7(2)11(12)10-6-8(3)13(5)9(10)4/h6-7,11H,12H2,1-5H3. The summed E-state index contributed by atoms with van der Waals surface area (Å²) in [7, 11) is 2.08. The molecule has 0 fully saturated rings. The van der Waals surface area contributed by atoms with E-state index in [9.17, 15) is 0 Å². The molecule has 1 atom stereocenters. The molecule has 1 rings (SSSR count). The summed E-state index contributed by atoms with van der Waals surface area (Å²) < 4.78 is 2.19. The molecule has 0 amide bonds. The van der Waals surface area contributed by atoms with E-state index in [1.807, 2.05) is 0 Å². The maximum absolute atomic E-state index is 6.11. The Labute approximate surface area is 80.7 Å². The van der Waals surface area contributed by atoms with Crippen molar-refractivity contribution in [1.82, 2.24) is 4.57 Å². The molecule has 0 aliphatic carbocycles. The van der Waals surface area contributed by atoms with Crippen LogP contribution in [-0.4, -0.2) is 4.57 Å². The van der Waals surface area contributed by atoms with Crippen molar-refractivity contribution in [2.75, 3.05) is 0 Å². The average molecular weight is 180 g/mol. The normalized spacial score (nSPS) is 13.8. The van der Waals surface area contributed by atoms with E-state index in [-0.39, 0.29) is 6.04 Å². The summed E-state index contributed by atoms with van der Waals surface area (Å²) in [6.45, 7) is 8.56. The highest BCUT2D eigenvalue weighted by atomic mass is 15.0. The van der Waals surface area contributed by atoms with Crippen molar-refractivity contribution in [1.29, 1.82) is 0 Å². The number of nitrogens with two attached hydrogens (primary N) is 1. The highest BCUT2D eigenvalue weighted by Gasteiger charge is 2.15. The molecule has 13 heavy (non-hydrogen) atoms. The van der Waals surface area contributed by atoms with Crippen LogP contribution in [0.4, 0.5) is 0 Å². The molecule has 1 unspecified atom stereocenters. The molecule has 2 heteroatoms. The summed E-state index contributed by atoms with van der Waals surface area (Å²) in [5.41, 5.74) is 9.97. The Balaban J connectivity index is 3.08. The summed E-state index contributed by atoms with van der Waals surface area (Å²) >= 11 is 0. The number of hydrogen-bond donors (Lipinski definition) is 1. The van der Waals surface area contributed by atoms with Crippen molar-refractivity contribution in [2.24, 2.45) is 18.7 Å². The van der Waals surface area contributed by atoms with E-state index in [1.54, 1.807) is 0 Å². The van der Waals surface area contributed by atoms with Gasteiger partial charge in [-0.2, -0.15) is 0 Å². The van der Waals surface area contributed by atoms with E-state index in [0.29, 0.717) is 5.92 Å². The van der Waals surface area contributed by atoms with E-state index in [0.717, 1.165) is 0 Å². The maximum Gasteiger partial charge on any atom is 0.0336 e. The zero-order valence-electron chi connectivity index (χ0n) is 9.26. The summed E-state index contributed by atoms with van der Waals surface area (Å²) in [4.78, 5) is 0. The second kappa shape index (κ2) is 3.54. The third-order valence-electron chi connectivity index (χ3n) is 2.89. The molecule has 0 saturated carbocycles. The van der Waals surface area contributed by atoms with Gasteiger partial charge in [-0.15, -0.1) is 0 Å². The first-order valence-corrected chi connectivity index (χ1v) is 4.83. The van der Waals surface area contributed by atoms with E-state index in [2.05, 4.69) is 45.4 Å². The largest absolute Gasteiger partial charge is 0.352 e. The fraction of sp³-hybridized carbons (Fsp3) is 0.636. The molecule has 0 aromatic carbocycles. The topological polar surface area (TPSA) is 30.9 Å². The highest BCUT2D eigenvalue weighted by molar-refractivity contribution is 5.29. The predicted molar refractivity (Wildman–Crippen MR) is 56.7 cm³/mol. The van der Waals surface area contributed by atoms with Gasteiger partial charge in [-0.3, -0.25) is 0 Å². The molecule has 74 valence electrons. The first-order chi connectivity index (χ1) is 5.95. The van der Waals surface area contributed by atoms with Crippen LogP contribution in [-0.2, 0) is 7.05 Å². The van der Waals surface area contributed by atoms with Gasteiger partial charge in [0, 0.05) is 24.5 Å². The molecular formula is C11H20N2. The summed E-state index contributed by atoms with van der Waals surface area (Å²) in [5.74, 6) is 0.500. The van der Waals surface area contributed by atoms with Gasteiger partial charge < -0.3 is 10.3 Å². The van der Waals surface area contributed by atoms with Gasteiger partial charge >= 0.3 is 0 Å². The van der Waals surface area contributed by atoms with E-state index in [1.165, 1.54) is 17.0 Å². The summed E-state index contributed by atoms with van der Waals surface area (Å²) in [6, 6.07) is 2.36. The Morgan fingerprint density at radius 3 is 2.15 bits per heavy atom. The van der Waals surface area contributed by atoms with Gasteiger partial charge in [0.15, 0.2) is 0 Å². The highest BCUT2D eigenvalue weighted by Crippen LogP contribution is 2.24. The van der Waals surface area contributed by atoms with Crippen LogP contribution in [0.2, 0.25) is 0 Å². The number of rotatable bonds is 2. The van der Waals surface area contributed by atoms with Crippen LogP contribution in [0.25, 0.3) is 0 Å². The molecule has 0 bridgehead atoms. The lowest BCUT2D eigenvalue weighted by atomic mass is 9.97. The summed E-state index contributed by atoms with van der Waals surface area (Å²) in [5, 5.41) is 0. The molecule has 0 aliphatic heterocycles. The third kappa shape index (κ3) is 1.78. The molecular weight excluding hydrogens is 160 g/mol. The van der Waals surface area contributed by atoms with Crippen LogP contribution in [0, 0.1) is 19.8 Å². The van der Waals surface area contributed by atoms with Crippen molar-refractivity contribution in [3.05, 3.63) is 23.0 Å². The number of aromatic nitrogens is 1. The predicted octanol–water partition coefficient (Wildman–Crippen LogP) is 2.30. The van der Waals surface area contributed by atoms with Gasteiger partial charge in [0.2, 0.25) is 0 Å². The molecule has 0 saturated heterocycles. The van der Waals surface area contributed by atoms with E-state index >= 15 is 0 Å². The van der Waals surface area contributed by atoms with Gasteiger partial charge in [0.1, 0.15) is 0 Å². The zero-order chi connectivity index (χ0) is 10.2. The molecule has 1 aromatic heterocycles. The second-order valence-corrected chi connectivity index (χ2v) is 4.16. The minimum Gasteiger partial charge on any atom is -0.352 e. The lowest BCUT2D eigenvalue weighted by Crippen LogP contribution is -2.17. The van der Waals surface area contributed by atoms with Crippen LogP contribution in [0.15, 0.2) is 6.07 Å². The smallest absolute Gasteiger partial charge is 0.0336 e. The van der Waals surface area contributed by atoms with Gasteiger partial charge in [0.25, 0.3) is 0 Å². The van der Waals surface area contributed by atoms with Crippen molar-refractivity contribution < 1.29 is 0 Å². The molecule has 2 nitrogen and oxygen atoms in total. The van der Waals surface area contributed by atoms with Crippen molar-refractivity contribution in [3.63, 3.8) is 0 Å².